The zero-order valence-corrected chi connectivity index (χ0v) is 42.0. The first-order chi connectivity index (χ1) is 33.3. The molecule has 18 nitrogen and oxygen atoms in total. The van der Waals surface area contributed by atoms with E-state index in [1.807, 2.05) is 34.1 Å². The number of urea groups is 2. The highest BCUT2D eigenvalue weighted by molar-refractivity contribution is 8.00. The van der Waals surface area contributed by atoms with Gasteiger partial charge in [0.05, 0.1) is 18.5 Å². The van der Waals surface area contributed by atoms with Crippen molar-refractivity contribution in [2.75, 3.05) is 117 Å². The molecule has 0 spiro atoms. The molecule has 69 heavy (non-hydrogen) atoms. The SMILES string of the molecule is COc1ccc([C@@H](C)NC(=O)CC(CC(=O)N2CCC(CN3CCN(CCOc4ccc(NC(=O)NC5NC(CC(=O)N6CCN(C)CC6)CS5)cc4)CC3)CC2)CC2CNC(=O)NC2S)c(F)c1. The number of nitrogens with one attached hydrogen (secondary N) is 6. The highest BCUT2D eigenvalue weighted by atomic mass is 32.2. The molecule has 7 amide bonds. The number of anilines is 1. The summed E-state index contributed by atoms with van der Waals surface area (Å²) in [5.74, 6) is 1.45. The number of thioether (sulfide) groups is 1. The molecule has 6 atom stereocenters. The molecule has 6 N–H and O–H groups in total. The van der Waals surface area contributed by atoms with Crippen LogP contribution in [0.5, 0.6) is 11.5 Å². The molecule has 5 aliphatic rings. The van der Waals surface area contributed by atoms with Crippen LogP contribution in [0.25, 0.3) is 0 Å². The standard InChI is InChI=1S/C48H72FN11O7S2/c1-32(40-9-8-39(66-3)28-41(40)49)51-42(61)25-34(24-35-29-50-46(64)54-45(35)68)26-43(62)59-12-10-33(11-13-59)30-58-18-16-57(17-19-58)22-23-67-38-6-4-36(5-7-38)52-47(65)55-48-53-37(31-69-48)27-44(63)60-20-14-56(2)15-21-60/h4-9,28,32-35,37,45,48,53,68H,10-27,29-31H2,1-3H3,(H,51,61)(H2,50,54,64)(H2,52,55,65)/t32-,34?,35?,37?,45?,48?/m1/s1. The number of carbonyl (C=O) groups excluding carboxylic acids is 5. The van der Waals surface area contributed by atoms with Gasteiger partial charge in [-0.15, -0.1) is 11.8 Å². The molecule has 2 aromatic rings. The largest absolute Gasteiger partial charge is 0.497 e. The Hall–Kier alpha value is -4.54. The van der Waals surface area contributed by atoms with Crippen LogP contribution in [0.2, 0.25) is 0 Å². The lowest BCUT2D eigenvalue weighted by Gasteiger charge is -2.39. The second-order valence-electron chi connectivity index (χ2n) is 19.1. The number of halogens is 1. The van der Waals surface area contributed by atoms with Crippen molar-refractivity contribution >= 4 is 59.9 Å². The van der Waals surface area contributed by atoms with Gasteiger partial charge in [0.25, 0.3) is 0 Å². The second kappa shape index (κ2) is 25.5. The molecular formula is C48H72FN11O7S2. The van der Waals surface area contributed by atoms with Crippen molar-refractivity contribution in [1.29, 1.82) is 0 Å². The summed E-state index contributed by atoms with van der Waals surface area (Å²) in [6.07, 6.45) is 3.07. The van der Waals surface area contributed by atoms with Crippen molar-refractivity contribution in [3.05, 3.63) is 53.8 Å². The number of thiol groups is 1. The summed E-state index contributed by atoms with van der Waals surface area (Å²) in [7, 11) is 3.54. The smallest absolute Gasteiger partial charge is 0.321 e. The van der Waals surface area contributed by atoms with E-state index in [1.54, 1.807) is 30.8 Å². The summed E-state index contributed by atoms with van der Waals surface area (Å²) >= 11 is 6.18. The molecule has 0 radical (unpaired) electrons. The topological polar surface area (TPSA) is 192 Å². The monoisotopic (exact) mass is 998 g/mol. The maximum atomic E-state index is 14.8. The normalized spacial score (nSPS) is 23.9. The van der Waals surface area contributed by atoms with E-state index in [4.69, 9.17) is 9.47 Å². The minimum Gasteiger partial charge on any atom is -0.497 e. The molecule has 0 saturated carbocycles. The van der Waals surface area contributed by atoms with E-state index in [1.165, 1.54) is 13.2 Å². The Morgan fingerprint density at radius 1 is 0.899 bits per heavy atom. The van der Waals surface area contributed by atoms with E-state index < -0.39 is 17.2 Å². The Bertz CT molecular complexity index is 2040. The van der Waals surface area contributed by atoms with Gasteiger partial charge in [-0.05, 0) is 75.4 Å². The van der Waals surface area contributed by atoms with Crippen LogP contribution in [0.4, 0.5) is 19.7 Å². The Balaban J connectivity index is 0.763. The number of carbonyl (C=O) groups is 5. The molecule has 0 aliphatic carbocycles. The highest BCUT2D eigenvalue weighted by Gasteiger charge is 2.34. The average molecular weight is 998 g/mol. The van der Waals surface area contributed by atoms with Gasteiger partial charge in [0.2, 0.25) is 17.7 Å². The summed E-state index contributed by atoms with van der Waals surface area (Å²) in [4.78, 5) is 75.5. The maximum Gasteiger partial charge on any atom is 0.321 e. The fourth-order valence-electron chi connectivity index (χ4n) is 9.78. The lowest BCUT2D eigenvalue weighted by Crippen LogP contribution is -2.53. The second-order valence-corrected chi connectivity index (χ2v) is 20.8. The summed E-state index contributed by atoms with van der Waals surface area (Å²) in [6.45, 7) is 13.0. The first-order valence-corrected chi connectivity index (χ1v) is 26.1. The van der Waals surface area contributed by atoms with E-state index in [9.17, 15) is 28.4 Å². The molecule has 5 aliphatic heterocycles. The minimum atomic E-state index is -0.584. The number of benzene rings is 2. The average Bonchev–Trinajstić information content (AvgIpc) is 3.77. The third-order valence-electron chi connectivity index (χ3n) is 14.0. The van der Waals surface area contributed by atoms with Gasteiger partial charge < -0.3 is 55.7 Å². The first-order valence-electron chi connectivity index (χ1n) is 24.5. The van der Waals surface area contributed by atoms with Crippen LogP contribution in [0.15, 0.2) is 42.5 Å². The molecule has 5 heterocycles. The predicted octanol–water partition coefficient (Wildman–Crippen LogP) is 3.19. The van der Waals surface area contributed by atoms with E-state index in [0.29, 0.717) is 62.0 Å². The fraction of sp³-hybridized carbons (Fsp3) is 0.646. The van der Waals surface area contributed by atoms with Gasteiger partial charge in [0.1, 0.15) is 29.4 Å². The van der Waals surface area contributed by atoms with Crippen LogP contribution in [0.1, 0.15) is 57.1 Å². The first kappa shape index (κ1) is 52.3. The fourth-order valence-corrected chi connectivity index (χ4v) is 11.2. The summed E-state index contributed by atoms with van der Waals surface area (Å²) in [5.41, 5.74) is 0.743. The molecule has 5 fully saturated rings. The molecule has 5 saturated heterocycles. The van der Waals surface area contributed by atoms with Crippen molar-refractivity contribution in [2.45, 2.75) is 68.4 Å². The molecule has 0 aromatic heterocycles. The number of hydrogen-bond acceptors (Lipinski definition) is 13. The van der Waals surface area contributed by atoms with Gasteiger partial charge in [-0.1, -0.05) is 6.07 Å². The van der Waals surface area contributed by atoms with Crippen LogP contribution in [0, 0.1) is 23.6 Å². The van der Waals surface area contributed by atoms with Crippen molar-refractivity contribution < 1.29 is 37.8 Å². The quantitative estimate of drug-likeness (QED) is 0.102. The Labute approximate surface area is 415 Å². The van der Waals surface area contributed by atoms with E-state index in [2.05, 4.69) is 66.3 Å². The number of methoxy groups -OCH3 is 1. The minimum absolute atomic E-state index is 0.0214. The lowest BCUT2D eigenvalue weighted by atomic mass is 9.87. The number of likely N-dealkylation sites (N-methyl/N-ethyl adjacent to an activating group) is 1. The van der Waals surface area contributed by atoms with Gasteiger partial charge in [-0.2, -0.15) is 12.6 Å². The number of nitrogens with zero attached hydrogens (tertiary/aromatic N) is 5. The number of ether oxygens (including phenoxy) is 2. The number of rotatable bonds is 19. The third-order valence-corrected chi connectivity index (χ3v) is 15.7. The molecule has 21 heteroatoms. The molecule has 0 bridgehead atoms. The molecule has 5 unspecified atom stereocenters. The Kier molecular flexibility index (Phi) is 19.4. The maximum absolute atomic E-state index is 14.8. The zero-order valence-electron chi connectivity index (χ0n) is 40.3. The van der Waals surface area contributed by atoms with Crippen molar-refractivity contribution in [2.24, 2.45) is 17.8 Å². The number of piperidine rings is 1. The van der Waals surface area contributed by atoms with Crippen LogP contribution in [-0.4, -0.2) is 183 Å². The summed E-state index contributed by atoms with van der Waals surface area (Å²) in [5, 5.41) is 17.3. The van der Waals surface area contributed by atoms with Gasteiger partial charge in [-0.25, -0.2) is 14.0 Å². The summed E-state index contributed by atoms with van der Waals surface area (Å²) in [6, 6.07) is 10.7. The van der Waals surface area contributed by atoms with Gasteiger partial charge in [0, 0.05) is 139 Å². The van der Waals surface area contributed by atoms with Gasteiger partial charge >= 0.3 is 12.1 Å². The number of piperazine rings is 2. The third kappa shape index (κ3) is 16.0. The van der Waals surface area contributed by atoms with E-state index in [0.717, 1.165) is 89.8 Å². The Morgan fingerprint density at radius 3 is 2.29 bits per heavy atom. The van der Waals surface area contributed by atoms with Gasteiger partial charge in [-0.3, -0.25) is 24.6 Å². The van der Waals surface area contributed by atoms with Crippen molar-refractivity contribution in [3.8, 4) is 11.5 Å². The highest BCUT2D eigenvalue weighted by Crippen LogP contribution is 2.29. The van der Waals surface area contributed by atoms with Crippen molar-refractivity contribution in [1.82, 2.24) is 51.1 Å². The lowest BCUT2D eigenvalue weighted by molar-refractivity contribution is -0.134. The van der Waals surface area contributed by atoms with Crippen LogP contribution in [0.3, 0.4) is 0 Å². The van der Waals surface area contributed by atoms with E-state index >= 15 is 0 Å². The van der Waals surface area contributed by atoms with Crippen LogP contribution in [-0.2, 0) is 14.4 Å². The molecule has 380 valence electrons. The molecule has 7 rings (SSSR count). The number of likely N-dealkylation sites (tertiary alicyclic amines) is 1. The van der Waals surface area contributed by atoms with E-state index in [-0.39, 0.29) is 66.0 Å². The Morgan fingerprint density at radius 2 is 1.59 bits per heavy atom. The predicted molar refractivity (Wildman–Crippen MR) is 268 cm³/mol. The van der Waals surface area contributed by atoms with Crippen LogP contribution >= 0.6 is 24.4 Å². The van der Waals surface area contributed by atoms with Crippen LogP contribution < -0.4 is 41.4 Å². The molecule has 2 aromatic carbocycles. The van der Waals surface area contributed by atoms with Gasteiger partial charge in [0.15, 0.2) is 0 Å². The van der Waals surface area contributed by atoms with Crippen molar-refractivity contribution in [3.63, 3.8) is 0 Å². The molecular weight excluding hydrogens is 926 g/mol. The number of amides is 7. The zero-order chi connectivity index (χ0) is 48.9. The summed E-state index contributed by atoms with van der Waals surface area (Å²) < 4.78 is 26.0. The number of hydrogen-bond donors (Lipinski definition) is 7.